The molecular weight excluding hydrogens is 410 g/mol. The highest BCUT2D eigenvalue weighted by Crippen LogP contribution is 2.33. The summed E-state index contributed by atoms with van der Waals surface area (Å²) in [6.45, 7) is 7.97. The molecule has 2 N–H and O–H groups in total. The Balaban J connectivity index is 1.52. The van der Waals surface area contributed by atoms with Gasteiger partial charge in [-0.1, -0.05) is 18.2 Å². The minimum Gasteiger partial charge on any atom is -0.457 e. The topological polar surface area (TPSA) is 89.1 Å². The van der Waals surface area contributed by atoms with E-state index in [-0.39, 0.29) is 19.4 Å². The molecule has 168 valence electrons. The zero-order valence-electron chi connectivity index (χ0n) is 18.4. The van der Waals surface area contributed by atoms with Gasteiger partial charge >= 0.3 is 12.0 Å². The fraction of sp³-hybridized carbons (Fsp3) is 0.333. The maximum atomic E-state index is 13.0. The van der Waals surface area contributed by atoms with Crippen LogP contribution in [0.4, 0.5) is 10.5 Å². The van der Waals surface area contributed by atoms with Gasteiger partial charge in [-0.2, -0.15) is 0 Å². The maximum Gasteiger partial charge on any atom is 0.338 e. The number of carbonyl (C=O) groups excluding carboxylic acids is 2. The second kappa shape index (κ2) is 9.21. The van der Waals surface area contributed by atoms with Crippen LogP contribution in [-0.2, 0) is 16.1 Å². The smallest absolute Gasteiger partial charge is 0.338 e. The van der Waals surface area contributed by atoms with Crippen molar-refractivity contribution in [3.63, 3.8) is 0 Å². The Morgan fingerprint density at radius 2 is 1.81 bits per heavy atom. The maximum absolute atomic E-state index is 13.0. The number of urea groups is 1. The molecule has 0 radical (unpaired) electrons. The lowest BCUT2D eigenvalue weighted by molar-refractivity contribution is -0.140. The number of nitrogens with one attached hydrogen (secondary N) is 2. The summed E-state index contributed by atoms with van der Waals surface area (Å²) in [5, 5.41) is 5.52. The second-order valence-electron chi connectivity index (χ2n) is 7.60. The number of nitrogens with zero attached hydrogens (tertiary/aromatic N) is 1. The van der Waals surface area contributed by atoms with Crippen LogP contribution in [0.2, 0.25) is 0 Å². The van der Waals surface area contributed by atoms with Crippen LogP contribution in [-0.4, -0.2) is 31.9 Å². The molecule has 0 unspecified atom stereocenters. The van der Waals surface area contributed by atoms with Crippen molar-refractivity contribution >= 4 is 17.7 Å². The average molecular weight is 437 g/mol. The summed E-state index contributed by atoms with van der Waals surface area (Å²) in [6, 6.07) is 12.3. The van der Waals surface area contributed by atoms with Crippen molar-refractivity contribution in [1.29, 1.82) is 0 Å². The van der Waals surface area contributed by atoms with Gasteiger partial charge in [-0.05, 0) is 56.2 Å². The predicted molar refractivity (Wildman–Crippen MR) is 119 cm³/mol. The number of hydrogen-bond donors (Lipinski definition) is 2. The van der Waals surface area contributed by atoms with Crippen LogP contribution in [0.15, 0.2) is 53.7 Å². The van der Waals surface area contributed by atoms with Crippen molar-refractivity contribution in [1.82, 2.24) is 10.6 Å². The van der Waals surface area contributed by atoms with Crippen LogP contribution in [0.5, 0.6) is 11.5 Å². The van der Waals surface area contributed by atoms with Gasteiger partial charge in [-0.15, -0.1) is 0 Å². The molecule has 2 aliphatic heterocycles. The first kappa shape index (κ1) is 21.5. The van der Waals surface area contributed by atoms with Crippen molar-refractivity contribution < 1.29 is 23.8 Å². The first-order chi connectivity index (χ1) is 15.5. The Kier molecular flexibility index (Phi) is 6.20. The summed E-state index contributed by atoms with van der Waals surface area (Å²) >= 11 is 0. The third-order valence-electron chi connectivity index (χ3n) is 5.65. The van der Waals surface area contributed by atoms with E-state index in [1.807, 2.05) is 30.3 Å². The molecule has 2 aliphatic rings. The third-order valence-corrected chi connectivity index (χ3v) is 5.65. The molecule has 1 atom stereocenters. The molecule has 8 nitrogen and oxygen atoms in total. The summed E-state index contributed by atoms with van der Waals surface area (Å²) < 4.78 is 16.3. The molecule has 8 heteroatoms. The van der Waals surface area contributed by atoms with Gasteiger partial charge in [0.15, 0.2) is 11.5 Å². The molecule has 0 saturated heterocycles. The molecule has 0 bridgehead atoms. The van der Waals surface area contributed by atoms with Gasteiger partial charge in [0.25, 0.3) is 0 Å². The normalized spacial score (nSPS) is 17.0. The van der Waals surface area contributed by atoms with E-state index in [1.165, 1.54) is 0 Å². The summed E-state index contributed by atoms with van der Waals surface area (Å²) in [6.07, 6.45) is 0. The Labute approximate surface area is 187 Å². The van der Waals surface area contributed by atoms with E-state index in [0.29, 0.717) is 22.8 Å². The van der Waals surface area contributed by atoms with E-state index in [0.717, 1.165) is 29.9 Å². The largest absolute Gasteiger partial charge is 0.457 e. The number of benzene rings is 2. The second-order valence-corrected chi connectivity index (χ2v) is 7.60. The molecule has 4 rings (SSSR count). The van der Waals surface area contributed by atoms with E-state index in [1.54, 1.807) is 19.1 Å². The predicted octanol–water partition coefficient (Wildman–Crippen LogP) is 3.63. The van der Waals surface area contributed by atoms with Crippen molar-refractivity contribution in [2.45, 2.75) is 33.4 Å². The lowest BCUT2D eigenvalue weighted by Crippen LogP contribution is -2.45. The number of allylic oxidation sites excluding steroid dienone is 1. The molecule has 32 heavy (non-hydrogen) atoms. The lowest BCUT2D eigenvalue weighted by Gasteiger charge is -2.29. The van der Waals surface area contributed by atoms with Crippen LogP contribution in [0, 0.1) is 0 Å². The standard InChI is InChI=1S/C24H27N3O5/c1-4-27(5-2)18-9-7-17(8-10-18)22-21(15(3)25-24(29)26-22)23(28)30-13-16-6-11-19-20(12-16)32-14-31-19/h6-12,22H,4-5,13-14H2,1-3H3,(H2,25,26,29)/t22-/m1/s1. The van der Waals surface area contributed by atoms with Crippen LogP contribution >= 0.6 is 0 Å². The molecule has 0 spiro atoms. The van der Waals surface area contributed by atoms with Crippen LogP contribution in [0.3, 0.4) is 0 Å². The quantitative estimate of drug-likeness (QED) is 0.643. The Morgan fingerprint density at radius 1 is 1.09 bits per heavy atom. The summed E-state index contributed by atoms with van der Waals surface area (Å²) in [5.74, 6) is 0.809. The zero-order chi connectivity index (χ0) is 22.7. The van der Waals surface area contributed by atoms with Crippen LogP contribution in [0.25, 0.3) is 0 Å². The number of carbonyl (C=O) groups is 2. The van der Waals surface area contributed by atoms with Crippen molar-refractivity contribution in [3.05, 3.63) is 64.9 Å². The Morgan fingerprint density at radius 3 is 2.53 bits per heavy atom. The number of hydrogen-bond acceptors (Lipinski definition) is 6. The first-order valence-electron chi connectivity index (χ1n) is 10.7. The van der Waals surface area contributed by atoms with Crippen molar-refractivity contribution in [2.24, 2.45) is 0 Å². The van der Waals surface area contributed by atoms with E-state index < -0.39 is 12.0 Å². The highest BCUT2D eigenvalue weighted by Gasteiger charge is 2.32. The van der Waals surface area contributed by atoms with Gasteiger partial charge in [-0.3, -0.25) is 0 Å². The molecule has 0 fully saturated rings. The van der Waals surface area contributed by atoms with Gasteiger partial charge in [0.05, 0.1) is 11.6 Å². The van der Waals surface area contributed by atoms with Gasteiger partial charge in [0, 0.05) is 24.5 Å². The Hall–Kier alpha value is -3.68. The lowest BCUT2D eigenvalue weighted by atomic mass is 9.95. The molecule has 0 aromatic heterocycles. The molecule has 0 aliphatic carbocycles. The molecular formula is C24H27N3O5. The van der Waals surface area contributed by atoms with E-state index in [2.05, 4.69) is 29.4 Å². The molecule has 2 amide bonds. The minimum absolute atomic E-state index is 0.0772. The SMILES string of the molecule is CCN(CC)c1ccc([C@H]2NC(=O)NC(C)=C2C(=O)OCc2ccc3c(c2)OCO3)cc1. The van der Waals surface area contributed by atoms with Crippen LogP contribution < -0.4 is 25.0 Å². The fourth-order valence-corrected chi connectivity index (χ4v) is 3.94. The highest BCUT2D eigenvalue weighted by molar-refractivity contribution is 5.95. The Bertz CT molecular complexity index is 1040. The number of amides is 2. The summed E-state index contributed by atoms with van der Waals surface area (Å²) in [5.41, 5.74) is 3.54. The number of esters is 1. The first-order valence-corrected chi connectivity index (χ1v) is 10.7. The molecule has 2 heterocycles. The molecule has 2 aromatic rings. The number of rotatable bonds is 7. The third kappa shape index (κ3) is 4.34. The summed E-state index contributed by atoms with van der Waals surface area (Å²) in [7, 11) is 0. The van der Waals surface area contributed by atoms with E-state index in [4.69, 9.17) is 14.2 Å². The van der Waals surface area contributed by atoms with E-state index >= 15 is 0 Å². The molecule has 2 aromatic carbocycles. The zero-order valence-corrected chi connectivity index (χ0v) is 18.4. The number of ether oxygens (including phenoxy) is 3. The number of fused-ring (bicyclic) bond motifs is 1. The van der Waals surface area contributed by atoms with Gasteiger partial charge in [-0.25, -0.2) is 9.59 Å². The average Bonchev–Trinajstić information content (AvgIpc) is 3.26. The molecule has 0 saturated carbocycles. The summed E-state index contributed by atoms with van der Waals surface area (Å²) in [4.78, 5) is 27.4. The fourth-order valence-electron chi connectivity index (χ4n) is 3.94. The van der Waals surface area contributed by atoms with Gasteiger partial charge in [0.2, 0.25) is 6.79 Å². The van der Waals surface area contributed by atoms with Crippen LogP contribution in [0.1, 0.15) is 37.9 Å². The minimum atomic E-state index is -0.598. The number of anilines is 1. The highest BCUT2D eigenvalue weighted by atomic mass is 16.7. The monoisotopic (exact) mass is 437 g/mol. The van der Waals surface area contributed by atoms with Crippen molar-refractivity contribution in [2.75, 3.05) is 24.8 Å². The van der Waals surface area contributed by atoms with Crippen molar-refractivity contribution in [3.8, 4) is 11.5 Å². The van der Waals surface area contributed by atoms with Gasteiger partial charge < -0.3 is 29.7 Å². The van der Waals surface area contributed by atoms with Gasteiger partial charge in [0.1, 0.15) is 6.61 Å². The van der Waals surface area contributed by atoms with E-state index in [9.17, 15) is 9.59 Å².